The zero-order valence-electron chi connectivity index (χ0n) is 13.8. The largest absolute Gasteiger partial charge is 0.477 e. The van der Waals surface area contributed by atoms with Gasteiger partial charge in [-0.1, -0.05) is 12.1 Å². The molecule has 2 aromatic rings. The summed E-state index contributed by atoms with van der Waals surface area (Å²) in [5.41, 5.74) is 0.780. The first-order valence-corrected chi connectivity index (χ1v) is 8.19. The fourth-order valence-corrected chi connectivity index (χ4v) is 3.20. The molecule has 2 heterocycles. The molecule has 24 heavy (non-hydrogen) atoms. The van der Waals surface area contributed by atoms with Crippen molar-refractivity contribution in [1.82, 2.24) is 9.97 Å². The van der Waals surface area contributed by atoms with Crippen LogP contribution in [0.5, 0.6) is 5.88 Å². The average molecular weight is 331 g/mol. The number of aromatic nitrogens is 2. The Morgan fingerprint density at radius 2 is 2.08 bits per heavy atom. The second kappa shape index (κ2) is 7.13. The summed E-state index contributed by atoms with van der Waals surface area (Å²) in [5, 5.41) is 9.97. The maximum atomic E-state index is 13.1. The Labute approximate surface area is 141 Å². The van der Waals surface area contributed by atoms with Gasteiger partial charge < -0.3 is 14.7 Å². The third-order valence-corrected chi connectivity index (χ3v) is 4.48. The van der Waals surface area contributed by atoms with E-state index in [2.05, 4.69) is 14.9 Å². The van der Waals surface area contributed by atoms with Gasteiger partial charge in [-0.15, -0.1) is 0 Å². The Morgan fingerprint density at radius 1 is 1.29 bits per heavy atom. The summed E-state index contributed by atoms with van der Waals surface area (Å²) >= 11 is 0. The summed E-state index contributed by atoms with van der Waals surface area (Å²) in [6, 6.07) is 6.49. The summed E-state index contributed by atoms with van der Waals surface area (Å²) < 4.78 is 18.5. The van der Waals surface area contributed by atoms with Crippen molar-refractivity contribution in [3.63, 3.8) is 0 Å². The lowest BCUT2D eigenvalue weighted by atomic mass is 9.81. The molecule has 1 aromatic carbocycles. The van der Waals surface area contributed by atoms with Crippen molar-refractivity contribution in [1.29, 1.82) is 0 Å². The van der Waals surface area contributed by atoms with Gasteiger partial charge in [-0.2, -0.15) is 4.98 Å². The highest BCUT2D eigenvalue weighted by Crippen LogP contribution is 2.36. The molecule has 0 bridgehead atoms. The minimum atomic E-state index is -0.249. The van der Waals surface area contributed by atoms with Crippen molar-refractivity contribution in [3.05, 3.63) is 48.0 Å². The molecule has 0 radical (unpaired) electrons. The molecule has 0 spiro atoms. The number of rotatable bonds is 6. The predicted molar refractivity (Wildman–Crippen MR) is 89.7 cm³/mol. The third kappa shape index (κ3) is 3.64. The smallest absolute Gasteiger partial charge is 0.234 e. The minimum absolute atomic E-state index is 0.0828. The first kappa shape index (κ1) is 16.6. The highest BCUT2D eigenvalue weighted by atomic mass is 19.1. The topological polar surface area (TPSA) is 58.5 Å². The Balaban J connectivity index is 1.74. The fourth-order valence-electron chi connectivity index (χ4n) is 3.20. The average Bonchev–Trinajstić information content (AvgIpc) is 3.02. The summed E-state index contributed by atoms with van der Waals surface area (Å²) in [5.74, 6) is 1.03. The van der Waals surface area contributed by atoms with Crippen molar-refractivity contribution in [2.24, 2.45) is 5.41 Å². The molecular formula is C18H22FN3O2. The number of hydrogen-bond acceptors (Lipinski definition) is 5. The molecule has 1 aromatic heterocycles. The predicted octanol–water partition coefficient (Wildman–Crippen LogP) is 2.45. The maximum Gasteiger partial charge on any atom is 0.234 e. The van der Waals surface area contributed by atoms with Gasteiger partial charge in [0.15, 0.2) is 5.82 Å². The summed E-state index contributed by atoms with van der Waals surface area (Å²) in [6.07, 6.45) is 4.87. The van der Waals surface area contributed by atoms with E-state index in [-0.39, 0.29) is 17.8 Å². The molecule has 1 unspecified atom stereocenters. The minimum Gasteiger partial charge on any atom is -0.477 e. The van der Waals surface area contributed by atoms with Crippen LogP contribution >= 0.6 is 0 Å². The number of aliphatic hydroxyl groups is 1. The van der Waals surface area contributed by atoms with E-state index in [1.54, 1.807) is 24.5 Å². The van der Waals surface area contributed by atoms with E-state index in [9.17, 15) is 9.50 Å². The van der Waals surface area contributed by atoms with Gasteiger partial charge in [0.25, 0.3) is 0 Å². The van der Waals surface area contributed by atoms with Crippen molar-refractivity contribution in [2.45, 2.75) is 19.8 Å². The quantitative estimate of drug-likeness (QED) is 0.881. The Kier molecular flexibility index (Phi) is 4.94. The number of ether oxygens (including phenoxy) is 1. The van der Waals surface area contributed by atoms with E-state index in [0.29, 0.717) is 25.5 Å². The number of hydrogen-bond donors (Lipinski definition) is 1. The monoisotopic (exact) mass is 331 g/mol. The second-order valence-corrected chi connectivity index (χ2v) is 6.28. The standard InChI is InChI=1S/C18H22FN3O2/c1-2-24-17-11-20-10-16(21-17)22-8-7-18(12-22,13-23)9-14-3-5-15(19)6-4-14/h3-6,10-11,23H,2,7-9,12-13H2,1H3. The van der Waals surface area contributed by atoms with Gasteiger partial charge in [0.1, 0.15) is 5.82 Å². The van der Waals surface area contributed by atoms with Crippen LogP contribution in [0, 0.1) is 11.2 Å². The lowest BCUT2D eigenvalue weighted by molar-refractivity contribution is 0.144. The summed E-state index contributed by atoms with van der Waals surface area (Å²) in [7, 11) is 0. The molecule has 0 amide bonds. The Morgan fingerprint density at radius 3 is 2.79 bits per heavy atom. The molecule has 3 rings (SSSR count). The molecule has 5 nitrogen and oxygen atoms in total. The number of nitrogens with zero attached hydrogens (tertiary/aromatic N) is 3. The molecule has 1 saturated heterocycles. The highest BCUT2D eigenvalue weighted by Gasteiger charge is 2.38. The van der Waals surface area contributed by atoms with Gasteiger partial charge >= 0.3 is 0 Å². The van der Waals surface area contributed by atoms with E-state index in [4.69, 9.17) is 4.74 Å². The third-order valence-electron chi connectivity index (χ3n) is 4.48. The molecule has 1 N–H and O–H groups in total. The highest BCUT2D eigenvalue weighted by molar-refractivity contribution is 5.40. The maximum absolute atomic E-state index is 13.1. The number of halogens is 1. The van der Waals surface area contributed by atoms with Crippen molar-refractivity contribution in [2.75, 3.05) is 31.2 Å². The number of aliphatic hydroxyl groups excluding tert-OH is 1. The van der Waals surface area contributed by atoms with Gasteiger partial charge in [0.05, 0.1) is 25.6 Å². The van der Waals surface area contributed by atoms with E-state index in [1.165, 1.54) is 12.1 Å². The van der Waals surface area contributed by atoms with Crippen molar-refractivity contribution < 1.29 is 14.2 Å². The summed E-state index contributed by atoms with van der Waals surface area (Å²) in [6.45, 7) is 4.02. The molecule has 1 fully saturated rings. The number of anilines is 1. The molecule has 0 aliphatic carbocycles. The number of benzene rings is 1. The fraction of sp³-hybridized carbons (Fsp3) is 0.444. The van der Waals surface area contributed by atoms with Gasteiger partial charge in [-0.3, -0.25) is 4.98 Å². The van der Waals surface area contributed by atoms with E-state index in [1.807, 2.05) is 6.92 Å². The van der Waals surface area contributed by atoms with Gasteiger partial charge in [-0.05, 0) is 37.5 Å². The van der Waals surface area contributed by atoms with Gasteiger partial charge in [0.2, 0.25) is 5.88 Å². The zero-order chi connectivity index (χ0) is 17.0. The van der Waals surface area contributed by atoms with E-state index < -0.39 is 0 Å². The molecule has 0 saturated carbocycles. The van der Waals surface area contributed by atoms with Crippen LogP contribution in [0.3, 0.4) is 0 Å². The van der Waals surface area contributed by atoms with Gasteiger partial charge in [0, 0.05) is 18.5 Å². The van der Waals surface area contributed by atoms with E-state index >= 15 is 0 Å². The molecule has 6 heteroatoms. The lowest BCUT2D eigenvalue weighted by Gasteiger charge is -2.27. The summed E-state index contributed by atoms with van der Waals surface area (Å²) in [4.78, 5) is 10.8. The molecule has 1 aliphatic heterocycles. The van der Waals surface area contributed by atoms with Crippen molar-refractivity contribution >= 4 is 5.82 Å². The SMILES string of the molecule is CCOc1cncc(N2CCC(CO)(Cc3ccc(F)cc3)C2)n1. The Bertz CT molecular complexity index is 680. The van der Waals surface area contributed by atoms with Crippen LogP contribution in [-0.4, -0.2) is 41.4 Å². The molecule has 1 aliphatic rings. The zero-order valence-corrected chi connectivity index (χ0v) is 13.8. The van der Waals surface area contributed by atoms with Crippen molar-refractivity contribution in [3.8, 4) is 5.88 Å². The Hall–Kier alpha value is -2.21. The first-order valence-electron chi connectivity index (χ1n) is 8.19. The van der Waals surface area contributed by atoms with Gasteiger partial charge in [-0.25, -0.2) is 4.39 Å². The van der Waals surface area contributed by atoms with Crippen LogP contribution in [0.2, 0.25) is 0 Å². The van der Waals surface area contributed by atoms with Crippen LogP contribution in [0.15, 0.2) is 36.7 Å². The lowest BCUT2D eigenvalue weighted by Crippen LogP contribution is -2.33. The van der Waals surface area contributed by atoms with Crippen LogP contribution in [0.1, 0.15) is 18.9 Å². The van der Waals surface area contributed by atoms with Crippen LogP contribution in [0.4, 0.5) is 10.2 Å². The van der Waals surface area contributed by atoms with Crippen LogP contribution < -0.4 is 9.64 Å². The van der Waals surface area contributed by atoms with Crippen LogP contribution in [-0.2, 0) is 6.42 Å². The molecule has 1 atom stereocenters. The molecular weight excluding hydrogens is 309 g/mol. The first-order chi connectivity index (χ1) is 11.6. The second-order valence-electron chi connectivity index (χ2n) is 6.28. The normalized spacial score (nSPS) is 20.4. The van der Waals surface area contributed by atoms with E-state index in [0.717, 1.165) is 24.3 Å². The molecule has 128 valence electrons. The van der Waals surface area contributed by atoms with Crippen LogP contribution in [0.25, 0.3) is 0 Å².